The molecule has 1 N–H and O–H groups in total. The van der Waals surface area contributed by atoms with Gasteiger partial charge < -0.3 is 5.11 Å². The molecule has 0 fully saturated rings. The molecule has 8 heteroatoms. The van der Waals surface area contributed by atoms with E-state index in [4.69, 9.17) is 0 Å². The third kappa shape index (κ3) is 2.85. The number of nitro benzene ring substituents is 1. The maximum absolute atomic E-state index is 11.7. The van der Waals surface area contributed by atoms with Crippen molar-refractivity contribution in [3.63, 3.8) is 0 Å². The number of para-hydroxylation sites is 1. The predicted molar refractivity (Wildman–Crippen MR) is 80.1 cm³/mol. The third-order valence-corrected chi connectivity index (χ3v) is 3.10. The summed E-state index contributed by atoms with van der Waals surface area (Å²) in [5.41, 5.74) is 0.0871. The molecule has 0 bridgehead atoms. The molecular formula is C14H14N4O4. The van der Waals surface area contributed by atoms with Crippen LogP contribution in [0.2, 0.25) is 0 Å². The van der Waals surface area contributed by atoms with Crippen molar-refractivity contribution in [2.24, 2.45) is 10.2 Å². The Hall–Kier alpha value is -3.03. The average molecular weight is 302 g/mol. The molecule has 2 rings (SSSR count). The summed E-state index contributed by atoms with van der Waals surface area (Å²) in [4.78, 5) is 22.1. The van der Waals surface area contributed by atoms with Gasteiger partial charge in [0.05, 0.1) is 4.92 Å². The lowest BCUT2D eigenvalue weighted by molar-refractivity contribution is -0.384. The number of azo groups is 1. The lowest BCUT2D eigenvalue weighted by Gasteiger charge is -2.09. The van der Waals surface area contributed by atoms with Crippen molar-refractivity contribution in [3.05, 3.63) is 56.4 Å². The van der Waals surface area contributed by atoms with Gasteiger partial charge in [0.2, 0.25) is 5.88 Å². The minimum Gasteiger partial charge on any atom is -0.493 e. The van der Waals surface area contributed by atoms with Crippen LogP contribution in [0.1, 0.15) is 12.5 Å². The third-order valence-electron chi connectivity index (χ3n) is 3.10. The zero-order chi connectivity index (χ0) is 16.3. The molecule has 22 heavy (non-hydrogen) atoms. The van der Waals surface area contributed by atoms with E-state index in [0.717, 1.165) is 4.57 Å². The fourth-order valence-corrected chi connectivity index (χ4v) is 1.98. The maximum Gasteiger partial charge on any atom is 0.296 e. The van der Waals surface area contributed by atoms with Crippen LogP contribution in [0, 0.1) is 17.0 Å². The van der Waals surface area contributed by atoms with Crippen molar-refractivity contribution < 1.29 is 10.0 Å². The summed E-state index contributed by atoms with van der Waals surface area (Å²) in [6, 6.07) is 7.22. The molecule has 114 valence electrons. The van der Waals surface area contributed by atoms with Crippen molar-refractivity contribution in [1.82, 2.24) is 4.57 Å². The highest BCUT2D eigenvalue weighted by atomic mass is 16.6. The van der Waals surface area contributed by atoms with Crippen LogP contribution in [0.5, 0.6) is 5.88 Å². The molecule has 1 heterocycles. The second kappa shape index (κ2) is 6.17. The summed E-state index contributed by atoms with van der Waals surface area (Å²) in [5, 5.41) is 28.7. The monoisotopic (exact) mass is 302 g/mol. The summed E-state index contributed by atoms with van der Waals surface area (Å²) >= 11 is 0. The van der Waals surface area contributed by atoms with Crippen LogP contribution in [0.4, 0.5) is 17.1 Å². The molecule has 0 saturated heterocycles. The van der Waals surface area contributed by atoms with Crippen molar-refractivity contribution in [1.29, 1.82) is 0 Å². The van der Waals surface area contributed by atoms with Crippen molar-refractivity contribution in [2.75, 3.05) is 0 Å². The van der Waals surface area contributed by atoms with Crippen LogP contribution in [-0.2, 0) is 6.54 Å². The number of benzene rings is 1. The van der Waals surface area contributed by atoms with Gasteiger partial charge in [0, 0.05) is 18.7 Å². The summed E-state index contributed by atoms with van der Waals surface area (Å²) < 4.78 is 1.14. The van der Waals surface area contributed by atoms with Crippen LogP contribution < -0.4 is 5.56 Å². The fourth-order valence-electron chi connectivity index (χ4n) is 1.98. The molecule has 0 amide bonds. The lowest BCUT2D eigenvalue weighted by Crippen LogP contribution is -2.18. The number of aromatic nitrogens is 1. The number of nitrogens with zero attached hydrogens (tertiary/aromatic N) is 4. The highest BCUT2D eigenvalue weighted by Gasteiger charge is 2.14. The van der Waals surface area contributed by atoms with Gasteiger partial charge >= 0.3 is 0 Å². The standard InChI is InChI=1S/C14H14N4O4/c1-3-17-12(19)8-9(2)13(14(17)20)16-15-10-6-4-5-7-11(10)18(21)22/h4-8,20H,3H2,1-2H3. The number of aryl methyl sites for hydroxylation is 1. The van der Waals surface area contributed by atoms with Crippen molar-refractivity contribution in [3.8, 4) is 5.88 Å². The normalized spacial score (nSPS) is 11.0. The largest absolute Gasteiger partial charge is 0.493 e. The van der Waals surface area contributed by atoms with Gasteiger partial charge in [-0.05, 0) is 25.5 Å². The van der Waals surface area contributed by atoms with E-state index < -0.39 is 4.92 Å². The molecule has 0 aliphatic rings. The Kier molecular flexibility index (Phi) is 4.31. The van der Waals surface area contributed by atoms with Gasteiger partial charge in [0.15, 0.2) is 5.69 Å². The van der Waals surface area contributed by atoms with Crippen molar-refractivity contribution >= 4 is 17.1 Å². The summed E-state index contributed by atoms with van der Waals surface area (Å²) in [6.45, 7) is 3.59. The van der Waals surface area contributed by atoms with E-state index in [-0.39, 0.29) is 35.0 Å². The highest BCUT2D eigenvalue weighted by Crippen LogP contribution is 2.32. The smallest absolute Gasteiger partial charge is 0.296 e. The Labute approximate surface area is 125 Å². The van der Waals surface area contributed by atoms with Gasteiger partial charge in [-0.3, -0.25) is 19.5 Å². The van der Waals surface area contributed by atoms with E-state index in [2.05, 4.69) is 10.2 Å². The highest BCUT2D eigenvalue weighted by molar-refractivity contribution is 5.58. The first-order valence-corrected chi connectivity index (χ1v) is 6.54. The van der Waals surface area contributed by atoms with E-state index >= 15 is 0 Å². The molecule has 0 aliphatic heterocycles. The lowest BCUT2D eigenvalue weighted by atomic mass is 10.2. The zero-order valence-corrected chi connectivity index (χ0v) is 12.1. The Bertz CT molecular complexity index is 811. The number of pyridine rings is 1. The summed E-state index contributed by atoms with van der Waals surface area (Å²) in [7, 11) is 0. The van der Waals surface area contributed by atoms with Gasteiger partial charge in [0.25, 0.3) is 11.2 Å². The zero-order valence-electron chi connectivity index (χ0n) is 12.1. The summed E-state index contributed by atoms with van der Waals surface area (Å²) in [6.07, 6.45) is 0. The van der Waals surface area contributed by atoms with Gasteiger partial charge in [-0.1, -0.05) is 12.1 Å². The first kappa shape index (κ1) is 15.4. The average Bonchev–Trinajstić information content (AvgIpc) is 2.47. The van der Waals surface area contributed by atoms with Gasteiger partial charge in [-0.15, -0.1) is 10.2 Å². The summed E-state index contributed by atoms with van der Waals surface area (Å²) in [5.74, 6) is -0.310. The Balaban J connectivity index is 2.52. The first-order valence-electron chi connectivity index (χ1n) is 6.54. The Morgan fingerprint density at radius 1 is 1.32 bits per heavy atom. The molecule has 2 aromatic rings. The van der Waals surface area contributed by atoms with Crippen LogP contribution in [0.3, 0.4) is 0 Å². The molecule has 0 atom stereocenters. The minimum absolute atomic E-state index is 0.0700. The molecule has 1 aromatic carbocycles. The Morgan fingerprint density at radius 2 is 2.00 bits per heavy atom. The number of hydrogen-bond donors (Lipinski definition) is 1. The molecule has 0 saturated carbocycles. The maximum atomic E-state index is 11.7. The molecule has 0 radical (unpaired) electrons. The fraction of sp³-hybridized carbons (Fsp3) is 0.214. The molecule has 8 nitrogen and oxygen atoms in total. The van der Waals surface area contributed by atoms with E-state index in [1.165, 1.54) is 24.3 Å². The van der Waals surface area contributed by atoms with Crippen LogP contribution >= 0.6 is 0 Å². The molecule has 0 unspecified atom stereocenters. The number of aromatic hydroxyl groups is 1. The van der Waals surface area contributed by atoms with E-state index in [1.807, 2.05) is 0 Å². The topological polar surface area (TPSA) is 110 Å². The Morgan fingerprint density at radius 3 is 2.64 bits per heavy atom. The molecule has 1 aromatic heterocycles. The van der Waals surface area contributed by atoms with Crippen molar-refractivity contribution in [2.45, 2.75) is 20.4 Å². The quantitative estimate of drug-likeness (QED) is 0.531. The van der Waals surface area contributed by atoms with E-state index in [1.54, 1.807) is 19.9 Å². The minimum atomic E-state index is -0.561. The molecule has 0 spiro atoms. The molecule has 0 aliphatic carbocycles. The van der Waals surface area contributed by atoms with E-state index in [9.17, 15) is 20.0 Å². The first-order chi connectivity index (χ1) is 10.5. The van der Waals surface area contributed by atoms with Gasteiger partial charge in [0.1, 0.15) is 5.69 Å². The molecular weight excluding hydrogens is 288 g/mol. The van der Waals surface area contributed by atoms with Crippen LogP contribution in [0.25, 0.3) is 0 Å². The number of hydrogen-bond acceptors (Lipinski definition) is 6. The second-order valence-electron chi connectivity index (χ2n) is 4.53. The number of rotatable bonds is 4. The SMILES string of the molecule is CCn1c(O)c(N=Nc2ccccc2[N+](=O)[O-])c(C)cc1=O. The number of nitro groups is 1. The van der Waals surface area contributed by atoms with Gasteiger partial charge in [-0.2, -0.15) is 0 Å². The van der Waals surface area contributed by atoms with Crippen LogP contribution in [-0.4, -0.2) is 14.6 Å². The van der Waals surface area contributed by atoms with E-state index in [0.29, 0.717) is 5.56 Å². The predicted octanol–water partition coefficient (Wildman–Crippen LogP) is 3.21. The van der Waals surface area contributed by atoms with Crippen LogP contribution in [0.15, 0.2) is 45.4 Å². The van der Waals surface area contributed by atoms with Gasteiger partial charge in [-0.25, -0.2) is 0 Å². The second-order valence-corrected chi connectivity index (χ2v) is 4.53.